The van der Waals surface area contributed by atoms with Gasteiger partial charge in [-0.1, -0.05) is 0 Å². The molecule has 0 aromatic rings. The number of rotatable bonds is 3. The van der Waals surface area contributed by atoms with Gasteiger partial charge in [0.2, 0.25) is 0 Å². The van der Waals surface area contributed by atoms with Crippen LogP contribution in [-0.4, -0.2) is 69.8 Å². The summed E-state index contributed by atoms with van der Waals surface area (Å²) in [5.41, 5.74) is 0. The van der Waals surface area contributed by atoms with Crippen LogP contribution in [0.4, 0.5) is 0 Å². The minimum Gasteiger partial charge on any atom is -0.468 e. The molecule has 16 heavy (non-hydrogen) atoms. The van der Waals surface area contributed by atoms with Crippen LogP contribution in [0.1, 0.15) is 0 Å². The zero-order valence-electron chi connectivity index (χ0n) is 10.3. The van der Waals surface area contributed by atoms with Crippen LogP contribution in [0.25, 0.3) is 0 Å². The first-order valence-corrected chi connectivity index (χ1v) is 4.80. The quantitative estimate of drug-likeness (QED) is 0.554. The summed E-state index contributed by atoms with van der Waals surface area (Å²) in [5, 5.41) is 7.00. The van der Waals surface area contributed by atoms with Gasteiger partial charge in [-0.3, -0.25) is 14.5 Å². The number of aliphatic hydroxyl groups is 1. The van der Waals surface area contributed by atoms with Crippen molar-refractivity contribution >= 4 is 23.5 Å². The molecule has 0 unspecified atom stereocenters. The molecular formula is C9H20ClNO5. The Morgan fingerprint density at radius 3 is 1.56 bits per heavy atom. The van der Waals surface area contributed by atoms with E-state index >= 15 is 0 Å². The number of hydrogen-bond donors (Lipinski definition) is 1. The van der Waals surface area contributed by atoms with E-state index in [0.29, 0.717) is 6.54 Å². The fraction of sp³-hybridized carbons (Fsp3) is 0.778. The number of likely N-dealkylation sites (N-methyl/N-ethyl adjacent to an activating group) is 1. The third-order valence-electron chi connectivity index (χ3n) is 1.01. The highest BCUT2D eigenvalue weighted by atomic mass is 35.5. The molecule has 0 aliphatic rings. The summed E-state index contributed by atoms with van der Waals surface area (Å²) in [6.07, 6.45) is 0. The van der Waals surface area contributed by atoms with Gasteiger partial charge in [0.15, 0.2) is 0 Å². The molecule has 0 saturated heterocycles. The Morgan fingerprint density at radius 1 is 1.12 bits per heavy atom. The maximum atomic E-state index is 10.4. The van der Waals surface area contributed by atoms with Gasteiger partial charge in [-0.15, -0.1) is 11.6 Å². The Hall–Kier alpha value is -0.850. The van der Waals surface area contributed by atoms with Crippen molar-refractivity contribution in [3.63, 3.8) is 0 Å². The molecular weight excluding hydrogens is 238 g/mol. The van der Waals surface area contributed by atoms with Gasteiger partial charge in [-0.25, -0.2) is 0 Å². The van der Waals surface area contributed by atoms with Crippen LogP contribution < -0.4 is 0 Å². The number of ether oxygens (including phenoxy) is 2. The second-order valence-corrected chi connectivity index (χ2v) is 2.79. The molecule has 0 aliphatic heterocycles. The predicted molar refractivity (Wildman–Crippen MR) is 61.4 cm³/mol. The Balaban J connectivity index is -0.000000188. The number of carbonyl (C=O) groups is 2. The van der Waals surface area contributed by atoms with Gasteiger partial charge in [-0.2, -0.15) is 0 Å². The zero-order valence-corrected chi connectivity index (χ0v) is 11.1. The van der Waals surface area contributed by atoms with E-state index in [1.54, 1.807) is 4.90 Å². The standard InChI is InChI=1S/C5H11NO2.C3H5ClO2.CH4O/c1-6(2)4-5(7)8-3;1-6-3(5)2-4;1-2/h4H2,1-3H3;2H2,1H3;2H,1H3. The van der Waals surface area contributed by atoms with Gasteiger partial charge in [-0.05, 0) is 14.1 Å². The number of halogens is 1. The number of hydrogen-bond acceptors (Lipinski definition) is 6. The monoisotopic (exact) mass is 257 g/mol. The molecule has 1 N–H and O–H groups in total. The maximum absolute atomic E-state index is 10.4. The maximum Gasteiger partial charge on any atom is 0.320 e. The summed E-state index contributed by atoms with van der Waals surface area (Å²) >= 11 is 4.98. The fourth-order valence-corrected chi connectivity index (χ4v) is 0.486. The molecule has 0 aliphatic carbocycles. The summed E-state index contributed by atoms with van der Waals surface area (Å²) < 4.78 is 8.51. The van der Waals surface area contributed by atoms with Crippen LogP contribution in [0.5, 0.6) is 0 Å². The molecule has 0 aromatic heterocycles. The molecule has 0 amide bonds. The van der Waals surface area contributed by atoms with E-state index in [9.17, 15) is 9.59 Å². The third kappa shape index (κ3) is 23.2. The lowest BCUT2D eigenvalue weighted by Crippen LogP contribution is -2.22. The van der Waals surface area contributed by atoms with Crippen molar-refractivity contribution in [2.75, 3.05) is 47.8 Å². The molecule has 0 rings (SSSR count). The van der Waals surface area contributed by atoms with E-state index in [2.05, 4.69) is 9.47 Å². The molecule has 0 aromatic carbocycles. The van der Waals surface area contributed by atoms with Gasteiger partial charge in [0.1, 0.15) is 5.88 Å². The van der Waals surface area contributed by atoms with Crippen molar-refractivity contribution in [2.24, 2.45) is 0 Å². The van der Waals surface area contributed by atoms with E-state index in [1.165, 1.54) is 14.2 Å². The van der Waals surface area contributed by atoms with Gasteiger partial charge >= 0.3 is 11.9 Å². The Bertz CT molecular complexity index is 169. The van der Waals surface area contributed by atoms with E-state index in [0.717, 1.165) is 7.11 Å². The smallest absolute Gasteiger partial charge is 0.320 e. The molecule has 0 radical (unpaired) electrons. The average Bonchev–Trinajstić information content (AvgIpc) is 2.30. The Morgan fingerprint density at radius 2 is 1.50 bits per heavy atom. The molecule has 0 fully saturated rings. The minimum atomic E-state index is -0.392. The SMILES string of the molecule is CO.COC(=O)CCl.COC(=O)CN(C)C. The van der Waals surface area contributed by atoms with Crippen molar-refractivity contribution < 1.29 is 24.2 Å². The van der Waals surface area contributed by atoms with Gasteiger partial charge < -0.3 is 14.6 Å². The first-order valence-electron chi connectivity index (χ1n) is 4.27. The summed E-state index contributed by atoms with van der Waals surface area (Å²) in [6, 6.07) is 0. The largest absolute Gasteiger partial charge is 0.468 e. The van der Waals surface area contributed by atoms with Crippen molar-refractivity contribution in [1.29, 1.82) is 0 Å². The van der Waals surface area contributed by atoms with Crippen LogP contribution in [0, 0.1) is 0 Å². The van der Waals surface area contributed by atoms with Gasteiger partial charge in [0.05, 0.1) is 20.8 Å². The predicted octanol–water partition coefficient (Wildman–Crippen LogP) is -0.272. The lowest BCUT2D eigenvalue weighted by Gasteiger charge is -2.05. The number of alkyl halides is 1. The van der Waals surface area contributed by atoms with Crippen molar-refractivity contribution in [1.82, 2.24) is 4.90 Å². The molecule has 98 valence electrons. The fourth-order valence-electron chi connectivity index (χ4n) is 0.377. The van der Waals surface area contributed by atoms with Crippen LogP contribution >= 0.6 is 11.6 Å². The van der Waals surface area contributed by atoms with E-state index < -0.39 is 5.97 Å². The highest BCUT2D eigenvalue weighted by Gasteiger charge is 1.98. The first kappa shape index (κ1) is 20.5. The van der Waals surface area contributed by atoms with E-state index in [4.69, 9.17) is 16.7 Å². The summed E-state index contributed by atoms with van der Waals surface area (Å²) in [5.74, 6) is -0.650. The lowest BCUT2D eigenvalue weighted by molar-refractivity contribution is -0.141. The van der Waals surface area contributed by atoms with Gasteiger partial charge in [0.25, 0.3) is 0 Å². The minimum absolute atomic E-state index is 0.0590. The molecule has 0 atom stereocenters. The number of aliphatic hydroxyl groups excluding tert-OH is 1. The van der Waals surface area contributed by atoms with Crippen LogP contribution in [0.3, 0.4) is 0 Å². The topological polar surface area (TPSA) is 76.1 Å². The highest BCUT2D eigenvalue weighted by Crippen LogP contribution is 1.76. The number of methoxy groups -OCH3 is 2. The summed E-state index contributed by atoms with van der Waals surface area (Å²) in [7, 11) is 7.31. The second-order valence-electron chi connectivity index (χ2n) is 2.52. The Kier molecular flexibility index (Phi) is 21.3. The van der Waals surface area contributed by atoms with Crippen LogP contribution in [0.15, 0.2) is 0 Å². The summed E-state index contributed by atoms with van der Waals surface area (Å²) in [4.78, 5) is 21.9. The molecule has 6 nitrogen and oxygen atoms in total. The van der Waals surface area contributed by atoms with E-state index in [1.807, 2.05) is 14.1 Å². The lowest BCUT2D eigenvalue weighted by atomic mass is 10.6. The normalized spacial score (nSPS) is 8.00. The third-order valence-corrected chi connectivity index (χ3v) is 1.23. The first-order chi connectivity index (χ1) is 7.47. The van der Waals surface area contributed by atoms with Crippen molar-refractivity contribution in [2.45, 2.75) is 0 Å². The van der Waals surface area contributed by atoms with Crippen molar-refractivity contribution in [3.05, 3.63) is 0 Å². The van der Waals surface area contributed by atoms with Gasteiger partial charge in [0, 0.05) is 7.11 Å². The van der Waals surface area contributed by atoms with E-state index in [-0.39, 0.29) is 11.8 Å². The number of esters is 2. The number of carbonyl (C=O) groups excluding carboxylic acids is 2. The molecule has 7 heteroatoms. The molecule has 0 bridgehead atoms. The molecule has 0 spiro atoms. The zero-order chi connectivity index (χ0) is 13.6. The van der Waals surface area contributed by atoms with Crippen LogP contribution in [-0.2, 0) is 19.1 Å². The molecule has 0 heterocycles. The summed E-state index contributed by atoms with van der Waals surface area (Å²) in [6.45, 7) is 0.358. The number of nitrogens with zero attached hydrogens (tertiary/aromatic N) is 1. The van der Waals surface area contributed by atoms with Crippen LogP contribution in [0.2, 0.25) is 0 Å². The molecule has 0 saturated carbocycles. The average molecular weight is 258 g/mol. The van der Waals surface area contributed by atoms with Crippen molar-refractivity contribution in [3.8, 4) is 0 Å². The Labute approximate surface area is 101 Å². The highest BCUT2D eigenvalue weighted by molar-refractivity contribution is 6.26. The second kappa shape index (κ2) is 16.6.